The molecule has 0 heterocycles. The molecule has 0 unspecified atom stereocenters. The van der Waals surface area contributed by atoms with Gasteiger partial charge < -0.3 is 25.6 Å². The Hall–Kier alpha value is -2.72. The van der Waals surface area contributed by atoms with E-state index < -0.39 is 29.6 Å². The number of benzene rings is 1. The molecular formula is C18H24N2O5. The van der Waals surface area contributed by atoms with Crippen molar-refractivity contribution >= 4 is 12.2 Å². The third-order valence-electron chi connectivity index (χ3n) is 3.18. The maximum absolute atomic E-state index is 12.1. The van der Waals surface area contributed by atoms with Gasteiger partial charge in [-0.2, -0.15) is 0 Å². The van der Waals surface area contributed by atoms with Crippen molar-refractivity contribution in [3.8, 4) is 12.3 Å². The second-order valence-corrected chi connectivity index (χ2v) is 6.43. The van der Waals surface area contributed by atoms with Crippen LogP contribution in [0.5, 0.6) is 0 Å². The first-order valence-electron chi connectivity index (χ1n) is 7.78. The molecule has 2 atom stereocenters. The van der Waals surface area contributed by atoms with Crippen LogP contribution in [0.3, 0.4) is 0 Å². The molecule has 7 heteroatoms. The molecular weight excluding hydrogens is 324 g/mol. The van der Waals surface area contributed by atoms with Crippen LogP contribution in [0, 0.1) is 12.3 Å². The van der Waals surface area contributed by atoms with E-state index in [1.165, 1.54) is 0 Å². The highest BCUT2D eigenvalue weighted by Gasteiger charge is 2.43. The summed E-state index contributed by atoms with van der Waals surface area (Å²) in [5.41, 5.74) is 4.61. The predicted octanol–water partition coefficient (Wildman–Crippen LogP) is 2.23. The number of nitrogens with one attached hydrogen (secondary N) is 1. The molecule has 7 nitrogen and oxygen atoms in total. The molecule has 0 radical (unpaired) electrons. The van der Waals surface area contributed by atoms with Gasteiger partial charge in [-0.05, 0) is 27.2 Å². The molecule has 0 aromatic heterocycles. The molecule has 0 saturated heterocycles. The third kappa shape index (κ3) is 6.36. The van der Waals surface area contributed by atoms with Gasteiger partial charge >= 0.3 is 12.2 Å². The molecule has 136 valence electrons. The van der Waals surface area contributed by atoms with Crippen LogP contribution in [0.4, 0.5) is 9.59 Å². The minimum atomic E-state index is -2.19. The second-order valence-electron chi connectivity index (χ2n) is 6.43. The Kier molecular flexibility index (Phi) is 6.83. The van der Waals surface area contributed by atoms with E-state index in [9.17, 15) is 14.7 Å². The minimum Gasteiger partial charge on any atom is -0.444 e. The van der Waals surface area contributed by atoms with E-state index in [-0.39, 0.29) is 18.4 Å². The number of carbonyl (C=O) groups excluding carboxylic acids is 2. The Morgan fingerprint density at radius 1 is 1.28 bits per heavy atom. The van der Waals surface area contributed by atoms with Crippen molar-refractivity contribution in [1.82, 2.24) is 5.32 Å². The number of hydrogen-bond donors (Lipinski definition) is 3. The molecule has 0 spiro atoms. The summed E-state index contributed by atoms with van der Waals surface area (Å²) in [5, 5.41) is 13.5. The van der Waals surface area contributed by atoms with Gasteiger partial charge in [0.15, 0.2) is 0 Å². The zero-order chi connectivity index (χ0) is 19.1. The topological polar surface area (TPSA) is 111 Å². The molecule has 25 heavy (non-hydrogen) atoms. The summed E-state index contributed by atoms with van der Waals surface area (Å²) in [6.45, 7) is 5.10. The lowest BCUT2D eigenvalue weighted by Gasteiger charge is -2.35. The average Bonchev–Trinajstić information content (AvgIpc) is 2.49. The molecule has 4 N–H and O–H groups in total. The van der Waals surface area contributed by atoms with Crippen LogP contribution in [0.2, 0.25) is 0 Å². The van der Waals surface area contributed by atoms with Crippen LogP contribution in [0.25, 0.3) is 0 Å². The third-order valence-corrected chi connectivity index (χ3v) is 3.18. The highest BCUT2D eigenvalue weighted by molar-refractivity contribution is 5.69. The smallest absolute Gasteiger partial charge is 0.408 e. The van der Waals surface area contributed by atoms with Crippen LogP contribution in [-0.2, 0) is 15.3 Å². The molecule has 0 saturated carbocycles. The van der Waals surface area contributed by atoms with Crippen molar-refractivity contribution < 1.29 is 24.2 Å². The zero-order valence-corrected chi connectivity index (χ0v) is 14.6. The van der Waals surface area contributed by atoms with E-state index in [1.54, 1.807) is 51.1 Å². The van der Waals surface area contributed by atoms with Crippen molar-refractivity contribution in [2.24, 2.45) is 5.73 Å². The molecule has 2 amide bonds. The largest absolute Gasteiger partial charge is 0.444 e. The summed E-state index contributed by atoms with van der Waals surface area (Å²) in [5.74, 6) is 0.228. The Balaban J connectivity index is 3.18. The first-order chi connectivity index (χ1) is 11.6. The Morgan fingerprint density at radius 2 is 1.88 bits per heavy atom. The Morgan fingerprint density at radius 3 is 2.36 bits per heavy atom. The summed E-state index contributed by atoms with van der Waals surface area (Å²) in [6, 6.07) is 7.05. The first-order valence-corrected chi connectivity index (χ1v) is 7.78. The number of terminal acetylenes is 1. The van der Waals surface area contributed by atoms with Crippen LogP contribution in [0.15, 0.2) is 30.3 Å². The molecule has 1 rings (SSSR count). The number of carbonyl (C=O) groups is 2. The molecule has 0 aliphatic rings. The Bertz CT molecular complexity index is 633. The first kappa shape index (κ1) is 20.3. The van der Waals surface area contributed by atoms with Crippen molar-refractivity contribution in [1.29, 1.82) is 0 Å². The SMILES string of the molecule is C#CCC[C@@H](NC(=O)OC(C)(C)C)[C@](O)(OC(N)=O)c1ccccc1. The van der Waals surface area contributed by atoms with Gasteiger partial charge in [0.2, 0.25) is 0 Å². The average molecular weight is 348 g/mol. The number of nitrogens with two attached hydrogens (primary N) is 1. The molecule has 0 aliphatic heterocycles. The van der Waals surface area contributed by atoms with Crippen molar-refractivity contribution in [3.63, 3.8) is 0 Å². The summed E-state index contributed by atoms with van der Waals surface area (Å²) in [4.78, 5) is 23.5. The van der Waals surface area contributed by atoms with Crippen molar-refractivity contribution in [2.75, 3.05) is 0 Å². The number of rotatable bonds is 6. The van der Waals surface area contributed by atoms with E-state index >= 15 is 0 Å². The normalized spacial score (nSPS) is 14.5. The zero-order valence-electron chi connectivity index (χ0n) is 14.6. The number of aliphatic hydroxyl groups is 1. The quantitative estimate of drug-likeness (QED) is 0.539. The lowest BCUT2D eigenvalue weighted by Crippen LogP contribution is -2.54. The summed E-state index contributed by atoms with van der Waals surface area (Å²) in [6.07, 6.45) is 3.67. The summed E-state index contributed by atoms with van der Waals surface area (Å²) in [7, 11) is 0. The molecule has 1 aromatic carbocycles. The standard InChI is InChI=1S/C18H24N2O5/c1-5-6-12-14(20-16(22)25-17(2,3)4)18(23,24-15(19)21)13-10-8-7-9-11-13/h1,7-11,14,23H,6,12H2,2-4H3,(H2,19,21)(H,20,22)/t14-,18-/m1/s1. The molecule has 0 fully saturated rings. The Labute approximate surface area is 147 Å². The monoisotopic (exact) mass is 348 g/mol. The number of primary amides is 1. The van der Waals surface area contributed by atoms with Crippen molar-refractivity contribution in [2.45, 2.75) is 51.0 Å². The van der Waals surface area contributed by atoms with E-state index in [1.807, 2.05) is 0 Å². The maximum atomic E-state index is 12.1. The summed E-state index contributed by atoms with van der Waals surface area (Å²) < 4.78 is 10.2. The second kappa shape index (κ2) is 8.40. The van der Waals surface area contributed by atoms with Gasteiger partial charge in [0.25, 0.3) is 5.79 Å². The van der Waals surface area contributed by atoms with Crippen LogP contribution in [0.1, 0.15) is 39.2 Å². The van der Waals surface area contributed by atoms with E-state index in [0.717, 1.165) is 0 Å². The van der Waals surface area contributed by atoms with E-state index in [4.69, 9.17) is 21.6 Å². The fraction of sp³-hybridized carbons (Fsp3) is 0.444. The fourth-order valence-electron chi connectivity index (χ4n) is 2.20. The van der Waals surface area contributed by atoms with Gasteiger partial charge in [-0.3, -0.25) is 0 Å². The number of amides is 2. The predicted molar refractivity (Wildman–Crippen MR) is 92.2 cm³/mol. The molecule has 0 aliphatic carbocycles. The van der Waals surface area contributed by atoms with Crippen LogP contribution >= 0.6 is 0 Å². The van der Waals surface area contributed by atoms with E-state index in [2.05, 4.69) is 11.2 Å². The van der Waals surface area contributed by atoms with Crippen LogP contribution < -0.4 is 11.1 Å². The van der Waals surface area contributed by atoms with Crippen molar-refractivity contribution in [3.05, 3.63) is 35.9 Å². The number of ether oxygens (including phenoxy) is 2. The van der Waals surface area contributed by atoms with Gasteiger partial charge in [-0.25, -0.2) is 9.59 Å². The van der Waals surface area contributed by atoms with Gasteiger partial charge in [-0.15, -0.1) is 12.3 Å². The molecule has 0 bridgehead atoms. The highest BCUT2D eigenvalue weighted by atomic mass is 16.7. The van der Waals surface area contributed by atoms with Gasteiger partial charge in [0.1, 0.15) is 11.6 Å². The van der Waals surface area contributed by atoms with Gasteiger partial charge in [0, 0.05) is 12.0 Å². The van der Waals surface area contributed by atoms with Crippen LogP contribution in [-0.4, -0.2) is 28.9 Å². The lowest BCUT2D eigenvalue weighted by atomic mass is 9.94. The number of alkyl carbamates (subject to hydrolysis) is 1. The minimum absolute atomic E-state index is 0.133. The lowest BCUT2D eigenvalue weighted by molar-refractivity contribution is -0.190. The van der Waals surface area contributed by atoms with E-state index in [0.29, 0.717) is 0 Å². The van der Waals surface area contributed by atoms with Gasteiger partial charge in [0.05, 0.1) is 0 Å². The summed E-state index contributed by atoms with van der Waals surface area (Å²) >= 11 is 0. The van der Waals surface area contributed by atoms with Gasteiger partial charge in [-0.1, -0.05) is 30.3 Å². The maximum Gasteiger partial charge on any atom is 0.408 e. The molecule has 1 aromatic rings. The fourth-order valence-corrected chi connectivity index (χ4v) is 2.20. The number of hydrogen-bond acceptors (Lipinski definition) is 5. The highest BCUT2D eigenvalue weighted by Crippen LogP contribution is 2.29.